The highest BCUT2D eigenvalue weighted by molar-refractivity contribution is 6.04. The number of amides is 2. The molecular formula is C21H26N4O4. The van der Waals surface area contributed by atoms with Crippen molar-refractivity contribution in [2.75, 3.05) is 49.6 Å². The summed E-state index contributed by atoms with van der Waals surface area (Å²) in [6.45, 7) is 7.07. The average Bonchev–Trinajstić information content (AvgIpc) is 2.76. The van der Waals surface area contributed by atoms with E-state index in [0.29, 0.717) is 56.5 Å². The van der Waals surface area contributed by atoms with Crippen molar-refractivity contribution in [3.63, 3.8) is 0 Å². The number of piperazine rings is 1. The molecule has 0 bridgehead atoms. The molecule has 1 aliphatic rings. The Bertz CT molecular complexity index is 833. The Kier molecular flexibility index (Phi) is 6.89. The summed E-state index contributed by atoms with van der Waals surface area (Å²) in [5.74, 6) is 1.27. The van der Waals surface area contributed by atoms with Crippen molar-refractivity contribution < 1.29 is 19.1 Å². The molecule has 0 atom stereocenters. The lowest BCUT2D eigenvalue weighted by molar-refractivity contribution is 0.102. The summed E-state index contributed by atoms with van der Waals surface area (Å²) in [7, 11) is 0. The van der Waals surface area contributed by atoms with E-state index in [9.17, 15) is 9.59 Å². The highest BCUT2D eigenvalue weighted by Crippen LogP contribution is 2.19. The van der Waals surface area contributed by atoms with Gasteiger partial charge in [0.25, 0.3) is 5.91 Å². The third-order valence-corrected chi connectivity index (χ3v) is 4.56. The molecule has 1 aromatic carbocycles. The zero-order valence-electron chi connectivity index (χ0n) is 16.8. The van der Waals surface area contributed by atoms with Gasteiger partial charge in [-0.05, 0) is 50.2 Å². The Morgan fingerprint density at radius 2 is 1.76 bits per heavy atom. The van der Waals surface area contributed by atoms with Crippen LogP contribution in [0.2, 0.25) is 0 Å². The molecular weight excluding hydrogens is 372 g/mol. The predicted molar refractivity (Wildman–Crippen MR) is 111 cm³/mol. The lowest BCUT2D eigenvalue weighted by Gasteiger charge is -2.34. The minimum Gasteiger partial charge on any atom is -0.494 e. The van der Waals surface area contributed by atoms with Gasteiger partial charge < -0.3 is 24.6 Å². The van der Waals surface area contributed by atoms with Crippen LogP contribution in [0.25, 0.3) is 0 Å². The predicted octanol–water partition coefficient (Wildman–Crippen LogP) is 3.01. The number of hydrogen-bond acceptors (Lipinski definition) is 6. The summed E-state index contributed by atoms with van der Waals surface area (Å²) < 4.78 is 10.5. The molecule has 1 aliphatic heterocycles. The summed E-state index contributed by atoms with van der Waals surface area (Å²) in [6, 6.07) is 10.7. The zero-order chi connectivity index (χ0) is 20.6. The molecule has 2 heterocycles. The van der Waals surface area contributed by atoms with Gasteiger partial charge in [0.15, 0.2) is 0 Å². The Balaban J connectivity index is 1.60. The number of carbonyl (C=O) groups excluding carboxylic acids is 2. The number of nitrogens with one attached hydrogen (secondary N) is 1. The fraction of sp³-hybridized carbons (Fsp3) is 0.381. The van der Waals surface area contributed by atoms with Crippen molar-refractivity contribution in [2.24, 2.45) is 0 Å². The van der Waals surface area contributed by atoms with Gasteiger partial charge in [0.2, 0.25) is 0 Å². The average molecular weight is 398 g/mol. The fourth-order valence-corrected chi connectivity index (χ4v) is 3.07. The molecule has 0 unspecified atom stereocenters. The molecule has 8 heteroatoms. The first kappa shape index (κ1) is 20.4. The van der Waals surface area contributed by atoms with Gasteiger partial charge in [0.1, 0.15) is 11.6 Å². The monoisotopic (exact) mass is 398 g/mol. The second-order valence-corrected chi connectivity index (χ2v) is 6.49. The Morgan fingerprint density at radius 1 is 1.03 bits per heavy atom. The molecule has 2 amide bonds. The summed E-state index contributed by atoms with van der Waals surface area (Å²) in [6.07, 6.45) is 1.34. The van der Waals surface area contributed by atoms with Crippen LogP contribution in [-0.2, 0) is 4.74 Å². The summed E-state index contributed by atoms with van der Waals surface area (Å²) in [5, 5.41) is 2.88. The maximum Gasteiger partial charge on any atom is 0.409 e. The molecule has 0 spiro atoms. The lowest BCUT2D eigenvalue weighted by atomic mass is 10.2. The number of aromatic nitrogens is 1. The number of hydrogen-bond donors (Lipinski definition) is 1. The maximum atomic E-state index is 12.6. The summed E-state index contributed by atoms with van der Waals surface area (Å²) in [5.41, 5.74) is 1.22. The van der Waals surface area contributed by atoms with Crippen LogP contribution < -0.4 is 15.0 Å². The fourth-order valence-electron chi connectivity index (χ4n) is 3.07. The van der Waals surface area contributed by atoms with Crippen molar-refractivity contribution in [2.45, 2.75) is 13.8 Å². The Morgan fingerprint density at radius 3 is 2.41 bits per heavy atom. The molecule has 0 aliphatic carbocycles. The van der Waals surface area contributed by atoms with Crippen LogP contribution in [-0.4, -0.2) is 61.3 Å². The number of nitrogens with zero attached hydrogens (tertiary/aromatic N) is 3. The summed E-state index contributed by atoms with van der Waals surface area (Å²) in [4.78, 5) is 32.6. The van der Waals surface area contributed by atoms with Crippen LogP contribution in [0.4, 0.5) is 16.3 Å². The molecule has 1 saturated heterocycles. The molecule has 3 rings (SSSR count). The van der Waals surface area contributed by atoms with Gasteiger partial charge in [0, 0.05) is 43.6 Å². The van der Waals surface area contributed by atoms with Crippen molar-refractivity contribution in [3.05, 3.63) is 48.2 Å². The van der Waals surface area contributed by atoms with E-state index >= 15 is 0 Å². The zero-order valence-corrected chi connectivity index (χ0v) is 16.8. The first-order chi connectivity index (χ1) is 14.1. The standard InChI is InChI=1S/C21H26N4O4/c1-3-28-18-7-5-17(6-8-18)23-20(26)16-9-10-22-19(15-16)24-11-13-25(14-12-24)21(27)29-4-2/h5-10,15H,3-4,11-14H2,1-2H3,(H,23,26). The first-order valence-electron chi connectivity index (χ1n) is 9.77. The third-order valence-electron chi connectivity index (χ3n) is 4.56. The van der Waals surface area contributed by atoms with Crippen LogP contribution in [0.15, 0.2) is 42.6 Å². The van der Waals surface area contributed by atoms with Crippen molar-refractivity contribution in [3.8, 4) is 5.75 Å². The molecule has 8 nitrogen and oxygen atoms in total. The topological polar surface area (TPSA) is 84.0 Å². The van der Waals surface area contributed by atoms with Gasteiger partial charge in [-0.25, -0.2) is 9.78 Å². The molecule has 29 heavy (non-hydrogen) atoms. The number of carbonyl (C=O) groups is 2. The highest BCUT2D eigenvalue weighted by atomic mass is 16.6. The quantitative estimate of drug-likeness (QED) is 0.805. The lowest BCUT2D eigenvalue weighted by Crippen LogP contribution is -2.49. The van der Waals surface area contributed by atoms with Crippen molar-refractivity contribution in [1.29, 1.82) is 0 Å². The van der Waals surface area contributed by atoms with Gasteiger partial charge in [0.05, 0.1) is 13.2 Å². The number of pyridine rings is 1. The molecule has 1 N–H and O–H groups in total. The Hall–Kier alpha value is -3.29. The van der Waals surface area contributed by atoms with Crippen LogP contribution >= 0.6 is 0 Å². The Labute approximate surface area is 170 Å². The number of anilines is 2. The summed E-state index contributed by atoms with van der Waals surface area (Å²) >= 11 is 0. The van der Waals surface area contributed by atoms with Gasteiger partial charge in [-0.15, -0.1) is 0 Å². The van der Waals surface area contributed by atoms with E-state index in [1.54, 1.807) is 42.3 Å². The van der Waals surface area contributed by atoms with Gasteiger partial charge in [-0.2, -0.15) is 0 Å². The number of ether oxygens (including phenoxy) is 2. The molecule has 154 valence electrons. The van der Waals surface area contributed by atoms with E-state index < -0.39 is 0 Å². The normalized spacial score (nSPS) is 13.7. The van der Waals surface area contributed by atoms with Crippen LogP contribution in [0.1, 0.15) is 24.2 Å². The minimum atomic E-state index is -0.288. The van der Waals surface area contributed by atoms with Crippen molar-refractivity contribution in [1.82, 2.24) is 9.88 Å². The van der Waals surface area contributed by atoms with Gasteiger partial charge >= 0.3 is 6.09 Å². The van der Waals surface area contributed by atoms with Crippen molar-refractivity contribution >= 4 is 23.5 Å². The van der Waals surface area contributed by atoms with E-state index in [2.05, 4.69) is 15.2 Å². The van der Waals surface area contributed by atoms with E-state index in [4.69, 9.17) is 9.47 Å². The molecule has 1 fully saturated rings. The third kappa shape index (κ3) is 5.37. The van der Waals surface area contributed by atoms with Crippen LogP contribution in [0.5, 0.6) is 5.75 Å². The smallest absolute Gasteiger partial charge is 0.409 e. The van der Waals surface area contributed by atoms with E-state index in [1.807, 2.05) is 19.1 Å². The maximum absolute atomic E-state index is 12.6. The van der Waals surface area contributed by atoms with E-state index in [-0.39, 0.29) is 12.0 Å². The SMILES string of the molecule is CCOC(=O)N1CCN(c2cc(C(=O)Nc3ccc(OCC)cc3)ccn2)CC1. The van der Waals surface area contributed by atoms with Crippen LogP contribution in [0, 0.1) is 0 Å². The van der Waals surface area contributed by atoms with E-state index in [0.717, 1.165) is 5.75 Å². The second-order valence-electron chi connectivity index (χ2n) is 6.49. The van der Waals surface area contributed by atoms with Gasteiger partial charge in [-0.3, -0.25) is 4.79 Å². The minimum absolute atomic E-state index is 0.206. The first-order valence-corrected chi connectivity index (χ1v) is 9.77. The molecule has 2 aromatic rings. The van der Waals surface area contributed by atoms with E-state index in [1.165, 1.54) is 0 Å². The largest absolute Gasteiger partial charge is 0.494 e. The van der Waals surface area contributed by atoms with Gasteiger partial charge in [-0.1, -0.05) is 0 Å². The highest BCUT2D eigenvalue weighted by Gasteiger charge is 2.23. The number of rotatable bonds is 6. The number of benzene rings is 1. The second kappa shape index (κ2) is 9.77. The molecule has 1 aromatic heterocycles. The molecule has 0 radical (unpaired) electrons. The van der Waals surface area contributed by atoms with Crippen LogP contribution in [0.3, 0.4) is 0 Å². The molecule has 0 saturated carbocycles.